The lowest BCUT2D eigenvalue weighted by atomic mass is 9.84. The summed E-state index contributed by atoms with van der Waals surface area (Å²) in [6.07, 6.45) is 2.03. The number of ether oxygens (including phenoxy) is 1. The molecule has 0 radical (unpaired) electrons. The lowest BCUT2D eigenvalue weighted by Gasteiger charge is -2.24. The fraction of sp³-hybridized carbons (Fsp3) is 0.500. The van der Waals surface area contributed by atoms with Gasteiger partial charge in [-0.25, -0.2) is 0 Å². The van der Waals surface area contributed by atoms with E-state index in [0.29, 0.717) is 19.4 Å². The van der Waals surface area contributed by atoms with Gasteiger partial charge in [0.15, 0.2) is 0 Å². The first-order chi connectivity index (χ1) is 8.24. The molecule has 1 saturated carbocycles. The van der Waals surface area contributed by atoms with E-state index >= 15 is 0 Å². The molecule has 1 aromatic carbocycles. The van der Waals surface area contributed by atoms with E-state index in [2.05, 4.69) is 0 Å². The van der Waals surface area contributed by atoms with Crippen molar-refractivity contribution >= 4 is 5.78 Å². The second-order valence-electron chi connectivity index (χ2n) is 4.65. The van der Waals surface area contributed by atoms with E-state index in [1.54, 1.807) is 0 Å². The van der Waals surface area contributed by atoms with Gasteiger partial charge < -0.3 is 9.84 Å². The van der Waals surface area contributed by atoms with Gasteiger partial charge in [0.2, 0.25) is 0 Å². The third-order valence-electron chi connectivity index (χ3n) is 3.12. The zero-order chi connectivity index (χ0) is 12.1. The van der Waals surface area contributed by atoms with Gasteiger partial charge in [-0.3, -0.25) is 4.79 Å². The number of carbonyl (C=O) groups is 1. The summed E-state index contributed by atoms with van der Waals surface area (Å²) in [6, 6.07) is 9.65. The van der Waals surface area contributed by atoms with E-state index in [1.165, 1.54) is 0 Å². The van der Waals surface area contributed by atoms with Gasteiger partial charge in [-0.1, -0.05) is 18.2 Å². The maximum atomic E-state index is 11.3. The van der Waals surface area contributed by atoms with Gasteiger partial charge in [0, 0.05) is 12.8 Å². The third-order valence-corrected chi connectivity index (χ3v) is 3.12. The molecule has 1 aliphatic carbocycles. The molecule has 0 spiro atoms. The van der Waals surface area contributed by atoms with E-state index in [9.17, 15) is 9.90 Å². The quantitative estimate of drug-likeness (QED) is 0.868. The van der Waals surface area contributed by atoms with Gasteiger partial charge in [-0.15, -0.1) is 0 Å². The molecule has 2 rings (SSSR count). The summed E-state index contributed by atoms with van der Waals surface area (Å²) >= 11 is 0. The van der Waals surface area contributed by atoms with Gasteiger partial charge in [0.1, 0.15) is 11.5 Å². The van der Waals surface area contributed by atoms with Crippen LogP contribution in [0.2, 0.25) is 0 Å². The minimum Gasteiger partial charge on any atom is -0.494 e. The molecule has 0 bridgehead atoms. The van der Waals surface area contributed by atoms with Crippen molar-refractivity contribution in [3.63, 3.8) is 0 Å². The monoisotopic (exact) mass is 234 g/mol. The van der Waals surface area contributed by atoms with Crippen LogP contribution < -0.4 is 4.74 Å². The number of ketones is 1. The number of Topliss-reactive ketones (excluding diaryl/α,β-unsaturated/α-hetero) is 1. The first-order valence-electron chi connectivity index (χ1n) is 6.11. The SMILES string of the molecule is O=C1CC(O)CC(CCOc2ccccc2)C1. The number of hydrogen-bond acceptors (Lipinski definition) is 3. The normalized spacial score (nSPS) is 24.6. The molecule has 2 unspecified atom stereocenters. The summed E-state index contributed by atoms with van der Waals surface area (Å²) in [5.41, 5.74) is 0. The van der Waals surface area contributed by atoms with E-state index < -0.39 is 6.10 Å². The average molecular weight is 234 g/mol. The maximum Gasteiger partial charge on any atom is 0.135 e. The van der Waals surface area contributed by atoms with Gasteiger partial charge >= 0.3 is 0 Å². The van der Waals surface area contributed by atoms with Crippen LogP contribution in [-0.2, 0) is 4.79 Å². The van der Waals surface area contributed by atoms with E-state index in [-0.39, 0.29) is 11.7 Å². The number of carbonyl (C=O) groups excluding carboxylic acids is 1. The highest BCUT2D eigenvalue weighted by Gasteiger charge is 2.25. The predicted octanol–water partition coefficient (Wildman–Crippen LogP) is 2.19. The molecule has 0 aromatic heterocycles. The highest BCUT2D eigenvalue weighted by atomic mass is 16.5. The molecule has 2 atom stereocenters. The van der Waals surface area contributed by atoms with Gasteiger partial charge in [0.25, 0.3) is 0 Å². The predicted molar refractivity (Wildman–Crippen MR) is 64.9 cm³/mol. The largest absolute Gasteiger partial charge is 0.494 e. The third kappa shape index (κ3) is 3.86. The summed E-state index contributed by atoms with van der Waals surface area (Å²) in [7, 11) is 0. The van der Waals surface area contributed by atoms with Crippen LogP contribution in [0.1, 0.15) is 25.7 Å². The van der Waals surface area contributed by atoms with Crippen molar-refractivity contribution in [2.45, 2.75) is 31.8 Å². The summed E-state index contributed by atoms with van der Waals surface area (Å²) in [5, 5.41) is 9.50. The number of aliphatic hydroxyl groups excluding tert-OH is 1. The second-order valence-corrected chi connectivity index (χ2v) is 4.65. The zero-order valence-corrected chi connectivity index (χ0v) is 9.84. The van der Waals surface area contributed by atoms with Gasteiger partial charge in [0.05, 0.1) is 12.7 Å². The molecule has 0 amide bonds. The molecule has 1 aliphatic rings. The van der Waals surface area contributed by atoms with E-state index in [1.807, 2.05) is 30.3 Å². The average Bonchev–Trinajstić information content (AvgIpc) is 2.29. The van der Waals surface area contributed by atoms with Crippen molar-refractivity contribution in [2.24, 2.45) is 5.92 Å². The minimum absolute atomic E-state index is 0.175. The van der Waals surface area contributed by atoms with Crippen LogP contribution >= 0.6 is 0 Å². The van der Waals surface area contributed by atoms with Crippen molar-refractivity contribution < 1.29 is 14.6 Å². The number of aliphatic hydroxyl groups is 1. The van der Waals surface area contributed by atoms with E-state index in [0.717, 1.165) is 18.6 Å². The van der Waals surface area contributed by atoms with Crippen LogP contribution in [0.3, 0.4) is 0 Å². The van der Waals surface area contributed by atoms with Crippen molar-refractivity contribution in [1.82, 2.24) is 0 Å². The molecular formula is C14H18O3. The van der Waals surface area contributed by atoms with E-state index in [4.69, 9.17) is 4.74 Å². The lowest BCUT2D eigenvalue weighted by Crippen LogP contribution is -2.27. The standard InChI is InChI=1S/C14H18O3/c15-12-8-11(9-13(16)10-12)6-7-17-14-4-2-1-3-5-14/h1-5,11-12,15H,6-10H2. The van der Waals surface area contributed by atoms with Crippen LogP contribution in [0.4, 0.5) is 0 Å². The van der Waals surface area contributed by atoms with Crippen LogP contribution in [0.5, 0.6) is 5.75 Å². The molecular weight excluding hydrogens is 216 g/mol. The first kappa shape index (κ1) is 12.1. The summed E-state index contributed by atoms with van der Waals surface area (Å²) in [4.78, 5) is 11.3. The smallest absolute Gasteiger partial charge is 0.135 e. The van der Waals surface area contributed by atoms with Crippen molar-refractivity contribution in [3.05, 3.63) is 30.3 Å². The minimum atomic E-state index is -0.446. The molecule has 0 saturated heterocycles. The maximum absolute atomic E-state index is 11.3. The molecule has 3 heteroatoms. The molecule has 92 valence electrons. The summed E-state index contributed by atoms with van der Waals surface area (Å²) < 4.78 is 5.59. The molecule has 0 aliphatic heterocycles. The Hall–Kier alpha value is -1.35. The number of hydrogen-bond donors (Lipinski definition) is 1. The molecule has 1 N–H and O–H groups in total. The molecule has 1 aromatic rings. The lowest BCUT2D eigenvalue weighted by molar-refractivity contribution is -0.124. The van der Waals surface area contributed by atoms with Crippen molar-refractivity contribution in [2.75, 3.05) is 6.61 Å². The first-order valence-corrected chi connectivity index (χ1v) is 6.11. The number of benzene rings is 1. The molecule has 0 heterocycles. The summed E-state index contributed by atoms with van der Waals surface area (Å²) in [5.74, 6) is 1.30. The number of para-hydroxylation sites is 1. The summed E-state index contributed by atoms with van der Waals surface area (Å²) in [6.45, 7) is 0.606. The Labute approximate surface area is 101 Å². The highest BCUT2D eigenvalue weighted by Crippen LogP contribution is 2.24. The fourth-order valence-electron chi connectivity index (χ4n) is 2.30. The Morgan fingerprint density at radius 2 is 2.00 bits per heavy atom. The number of rotatable bonds is 4. The van der Waals surface area contributed by atoms with Crippen LogP contribution in [0, 0.1) is 5.92 Å². The fourth-order valence-corrected chi connectivity index (χ4v) is 2.30. The Kier molecular flexibility index (Phi) is 4.15. The Balaban J connectivity index is 1.73. The van der Waals surface area contributed by atoms with Crippen molar-refractivity contribution in [1.29, 1.82) is 0 Å². The van der Waals surface area contributed by atoms with Gasteiger partial charge in [-0.2, -0.15) is 0 Å². The van der Waals surface area contributed by atoms with Crippen LogP contribution in [0.15, 0.2) is 30.3 Å². The Bertz CT molecular complexity index is 361. The highest BCUT2D eigenvalue weighted by molar-refractivity contribution is 5.79. The topological polar surface area (TPSA) is 46.5 Å². The zero-order valence-electron chi connectivity index (χ0n) is 9.84. The Morgan fingerprint density at radius 3 is 2.71 bits per heavy atom. The van der Waals surface area contributed by atoms with Crippen molar-refractivity contribution in [3.8, 4) is 5.75 Å². The molecule has 17 heavy (non-hydrogen) atoms. The Morgan fingerprint density at radius 1 is 1.24 bits per heavy atom. The molecule has 1 fully saturated rings. The van der Waals surface area contributed by atoms with Gasteiger partial charge in [-0.05, 0) is 30.9 Å². The van der Waals surface area contributed by atoms with Crippen LogP contribution in [0.25, 0.3) is 0 Å². The second kappa shape index (κ2) is 5.82. The van der Waals surface area contributed by atoms with Crippen LogP contribution in [-0.4, -0.2) is 23.6 Å². The molecule has 3 nitrogen and oxygen atoms in total.